The predicted octanol–water partition coefficient (Wildman–Crippen LogP) is 0.972. The monoisotopic (exact) mass is 321 g/mol. The molecule has 0 aromatic carbocycles. The number of fused-ring (bicyclic) bond motifs is 3. The summed E-state index contributed by atoms with van der Waals surface area (Å²) in [5.74, 6) is 0.627. The lowest BCUT2D eigenvalue weighted by molar-refractivity contribution is -0.124. The second-order valence-corrected chi connectivity index (χ2v) is 5.76. The van der Waals surface area contributed by atoms with Crippen LogP contribution in [0.4, 0.5) is 5.82 Å². The fraction of sp³-hybridized carbons (Fsp3) is 0.312. The lowest BCUT2D eigenvalue weighted by Gasteiger charge is -2.19. The number of hydrogen-bond acceptors (Lipinski definition) is 6. The van der Waals surface area contributed by atoms with Crippen LogP contribution >= 0.6 is 0 Å². The average Bonchev–Trinajstić information content (AvgIpc) is 3.28. The van der Waals surface area contributed by atoms with Gasteiger partial charge in [-0.25, -0.2) is 15.0 Å². The first-order valence-corrected chi connectivity index (χ1v) is 7.74. The number of aromatic nitrogens is 4. The molecule has 3 aromatic rings. The van der Waals surface area contributed by atoms with Gasteiger partial charge in [-0.3, -0.25) is 4.79 Å². The molecule has 8 heteroatoms. The molecular formula is C16H15N7O. The van der Waals surface area contributed by atoms with Crippen molar-refractivity contribution in [1.82, 2.24) is 25.3 Å². The van der Waals surface area contributed by atoms with Crippen LogP contribution in [-0.2, 0) is 4.79 Å². The highest BCUT2D eigenvalue weighted by molar-refractivity contribution is 6.09. The quantitative estimate of drug-likeness (QED) is 0.696. The average molecular weight is 321 g/mol. The van der Waals surface area contributed by atoms with E-state index in [0.29, 0.717) is 12.2 Å². The summed E-state index contributed by atoms with van der Waals surface area (Å²) in [5.41, 5.74) is 1.57. The van der Waals surface area contributed by atoms with Crippen LogP contribution in [0.15, 0.2) is 24.8 Å². The summed E-state index contributed by atoms with van der Waals surface area (Å²) in [6.45, 7) is 1.37. The van der Waals surface area contributed by atoms with Crippen molar-refractivity contribution in [3.05, 3.63) is 24.8 Å². The summed E-state index contributed by atoms with van der Waals surface area (Å²) in [4.78, 5) is 30.4. The van der Waals surface area contributed by atoms with Gasteiger partial charge < -0.3 is 15.2 Å². The first-order valence-electron chi connectivity index (χ1n) is 7.74. The minimum absolute atomic E-state index is 0.0439. The molecule has 1 fully saturated rings. The highest BCUT2D eigenvalue weighted by Crippen LogP contribution is 2.32. The molecule has 0 saturated carbocycles. The van der Waals surface area contributed by atoms with Crippen molar-refractivity contribution >= 4 is 33.7 Å². The molecule has 3 aromatic heterocycles. The van der Waals surface area contributed by atoms with E-state index in [9.17, 15) is 4.79 Å². The fourth-order valence-electron chi connectivity index (χ4n) is 3.22. The van der Waals surface area contributed by atoms with E-state index in [1.807, 2.05) is 12.1 Å². The van der Waals surface area contributed by atoms with Crippen LogP contribution in [0, 0.1) is 17.2 Å². The molecule has 8 nitrogen and oxygen atoms in total. The maximum Gasteiger partial charge on any atom is 0.225 e. The number of carbonyl (C=O) groups is 1. The normalized spacial score (nSPS) is 17.3. The van der Waals surface area contributed by atoms with Crippen molar-refractivity contribution in [1.29, 1.82) is 5.26 Å². The largest absolute Gasteiger partial charge is 0.355 e. The molecule has 4 heterocycles. The molecule has 2 N–H and O–H groups in total. The minimum atomic E-state index is -0.130. The van der Waals surface area contributed by atoms with Crippen molar-refractivity contribution in [3.63, 3.8) is 0 Å². The fourth-order valence-corrected chi connectivity index (χ4v) is 3.22. The number of anilines is 1. The van der Waals surface area contributed by atoms with Crippen molar-refractivity contribution in [3.8, 4) is 6.07 Å². The molecule has 0 radical (unpaired) electrons. The molecule has 0 aliphatic carbocycles. The molecule has 0 spiro atoms. The second-order valence-electron chi connectivity index (χ2n) is 5.76. The van der Waals surface area contributed by atoms with E-state index in [4.69, 9.17) is 5.26 Å². The molecule has 0 bridgehead atoms. The molecule has 1 amide bonds. The smallest absolute Gasteiger partial charge is 0.225 e. The van der Waals surface area contributed by atoms with Gasteiger partial charge >= 0.3 is 0 Å². The zero-order valence-electron chi connectivity index (χ0n) is 12.9. The van der Waals surface area contributed by atoms with Crippen LogP contribution in [0.1, 0.15) is 6.42 Å². The molecule has 1 aliphatic rings. The third-order valence-electron chi connectivity index (χ3n) is 4.36. The Kier molecular flexibility index (Phi) is 3.46. The molecule has 1 saturated heterocycles. The number of nitrogens with one attached hydrogen (secondary N) is 2. The van der Waals surface area contributed by atoms with Crippen LogP contribution in [0.2, 0.25) is 0 Å². The summed E-state index contributed by atoms with van der Waals surface area (Å²) in [6, 6.07) is 3.86. The highest BCUT2D eigenvalue weighted by Gasteiger charge is 2.30. The van der Waals surface area contributed by atoms with Gasteiger partial charge in [0, 0.05) is 24.7 Å². The standard InChI is InChI=1S/C16H15N7O/c17-3-5-19-16(24)10-2-6-23(8-10)15-13-11-1-4-18-14(11)20-7-12(13)21-9-22-15/h1,4,7,9-10H,2,5-6,8H2,(H,19,24)(H,21,22). The van der Waals surface area contributed by atoms with Crippen LogP contribution in [-0.4, -0.2) is 45.5 Å². The molecule has 1 aliphatic heterocycles. The van der Waals surface area contributed by atoms with E-state index in [2.05, 4.69) is 30.2 Å². The SMILES string of the molecule is N#CCNC(=O)C1CCN(c2nc[nH]c3cnc4nccc4c23)C1. The molecule has 4 rings (SSSR count). The Labute approximate surface area is 137 Å². The maximum absolute atomic E-state index is 12.1. The van der Waals surface area contributed by atoms with E-state index < -0.39 is 0 Å². The molecular weight excluding hydrogens is 306 g/mol. The number of hydrogen-bond donors (Lipinski definition) is 2. The summed E-state index contributed by atoms with van der Waals surface area (Å²) < 4.78 is 0. The van der Waals surface area contributed by atoms with Gasteiger partial charge in [0.05, 0.1) is 35.4 Å². The third-order valence-corrected chi connectivity index (χ3v) is 4.36. The molecule has 1 unspecified atom stereocenters. The van der Waals surface area contributed by atoms with E-state index in [-0.39, 0.29) is 18.4 Å². The van der Waals surface area contributed by atoms with Crippen molar-refractivity contribution in [2.24, 2.45) is 5.92 Å². The first-order chi connectivity index (χ1) is 11.8. The zero-order chi connectivity index (χ0) is 16.5. The lowest BCUT2D eigenvalue weighted by Crippen LogP contribution is -2.33. The number of nitrogens with zero attached hydrogens (tertiary/aromatic N) is 5. The Hall–Kier alpha value is -3.21. The van der Waals surface area contributed by atoms with Gasteiger partial charge in [-0.05, 0) is 12.5 Å². The van der Waals surface area contributed by atoms with Gasteiger partial charge in [-0.15, -0.1) is 0 Å². The summed E-state index contributed by atoms with van der Waals surface area (Å²) in [7, 11) is 0. The van der Waals surface area contributed by atoms with Crippen molar-refractivity contribution in [2.75, 3.05) is 24.5 Å². The third kappa shape index (κ3) is 2.31. The van der Waals surface area contributed by atoms with Gasteiger partial charge in [0.1, 0.15) is 12.4 Å². The number of nitriles is 1. The van der Waals surface area contributed by atoms with Gasteiger partial charge in [-0.1, -0.05) is 0 Å². The Morgan fingerprint density at radius 1 is 1.46 bits per heavy atom. The van der Waals surface area contributed by atoms with E-state index >= 15 is 0 Å². The number of rotatable bonds is 3. The van der Waals surface area contributed by atoms with Crippen LogP contribution in [0.25, 0.3) is 21.9 Å². The molecule has 24 heavy (non-hydrogen) atoms. The number of H-pyrrole nitrogens is 1. The second kappa shape index (κ2) is 5.77. The molecule has 120 valence electrons. The summed E-state index contributed by atoms with van der Waals surface area (Å²) in [6.07, 6.45) is 5.87. The zero-order valence-corrected chi connectivity index (χ0v) is 12.9. The Balaban J connectivity index is 1.69. The molecule has 1 atom stereocenters. The van der Waals surface area contributed by atoms with Crippen molar-refractivity contribution < 1.29 is 4.79 Å². The van der Waals surface area contributed by atoms with Gasteiger partial charge in [-0.2, -0.15) is 5.26 Å². The lowest BCUT2D eigenvalue weighted by atomic mass is 10.1. The van der Waals surface area contributed by atoms with E-state index in [1.165, 1.54) is 0 Å². The number of amides is 1. The summed E-state index contributed by atoms with van der Waals surface area (Å²) in [5, 5.41) is 13.1. The van der Waals surface area contributed by atoms with Crippen LogP contribution in [0.3, 0.4) is 0 Å². The number of pyridine rings is 1. The van der Waals surface area contributed by atoms with Crippen LogP contribution < -0.4 is 10.2 Å². The van der Waals surface area contributed by atoms with E-state index in [1.54, 1.807) is 18.7 Å². The van der Waals surface area contributed by atoms with E-state index in [0.717, 1.165) is 35.1 Å². The number of carbonyl (C=O) groups excluding carboxylic acids is 1. The number of aromatic amines is 1. The van der Waals surface area contributed by atoms with Gasteiger partial charge in [0.2, 0.25) is 5.91 Å². The minimum Gasteiger partial charge on any atom is -0.355 e. The summed E-state index contributed by atoms with van der Waals surface area (Å²) >= 11 is 0. The van der Waals surface area contributed by atoms with Crippen molar-refractivity contribution in [2.45, 2.75) is 6.42 Å². The highest BCUT2D eigenvalue weighted by atomic mass is 16.1. The predicted molar refractivity (Wildman–Crippen MR) is 88.1 cm³/mol. The maximum atomic E-state index is 12.1. The first kappa shape index (κ1) is 14.4. The van der Waals surface area contributed by atoms with Crippen LogP contribution in [0.5, 0.6) is 0 Å². The Morgan fingerprint density at radius 3 is 3.25 bits per heavy atom. The van der Waals surface area contributed by atoms with Gasteiger partial charge in [0.25, 0.3) is 0 Å². The topological polar surface area (TPSA) is 111 Å². The Bertz CT molecular complexity index is 958. The Morgan fingerprint density at radius 2 is 2.38 bits per heavy atom. The van der Waals surface area contributed by atoms with Gasteiger partial charge in [0.15, 0.2) is 5.65 Å².